The highest BCUT2D eigenvalue weighted by Gasteiger charge is 2.14. The number of carbonyl (C=O) groups is 1. The van der Waals surface area contributed by atoms with Crippen molar-refractivity contribution in [1.82, 2.24) is 4.90 Å². The zero-order valence-corrected chi connectivity index (χ0v) is 10.7. The minimum absolute atomic E-state index is 0.0776. The van der Waals surface area contributed by atoms with Gasteiger partial charge in [0, 0.05) is 18.3 Å². The van der Waals surface area contributed by atoms with Crippen LogP contribution < -0.4 is 11.1 Å². The summed E-state index contributed by atoms with van der Waals surface area (Å²) in [5, 5.41) is 11.8. The van der Waals surface area contributed by atoms with Crippen LogP contribution in [0.2, 0.25) is 0 Å². The third-order valence-electron chi connectivity index (χ3n) is 2.84. The second-order valence-corrected chi connectivity index (χ2v) is 4.42. The van der Waals surface area contributed by atoms with Crippen molar-refractivity contribution in [3.05, 3.63) is 23.5 Å². The number of benzene rings is 1. The number of nitrogens with zero attached hydrogens (tertiary/aromatic N) is 1. The van der Waals surface area contributed by atoms with E-state index in [0.29, 0.717) is 6.54 Å². The summed E-state index contributed by atoms with van der Waals surface area (Å²) in [6.07, 6.45) is 0. The second-order valence-electron chi connectivity index (χ2n) is 4.42. The number of likely N-dealkylation sites (N-methyl/N-ethyl adjacent to an activating group) is 1. The van der Waals surface area contributed by atoms with Gasteiger partial charge >= 0.3 is 5.97 Å². The summed E-state index contributed by atoms with van der Waals surface area (Å²) in [4.78, 5) is 12.9. The molecule has 1 unspecified atom stereocenters. The number of nitrogens with one attached hydrogen (secondary N) is 1. The number of aromatic carboxylic acids is 1. The van der Waals surface area contributed by atoms with Crippen LogP contribution in [0.5, 0.6) is 0 Å². The Morgan fingerprint density at radius 1 is 1.56 bits per heavy atom. The van der Waals surface area contributed by atoms with Crippen molar-refractivity contribution < 1.29 is 14.3 Å². The maximum Gasteiger partial charge on any atom is 0.337 e. The summed E-state index contributed by atoms with van der Waals surface area (Å²) in [6.45, 7) is 2.48. The largest absolute Gasteiger partial charge is 0.478 e. The van der Waals surface area contributed by atoms with Gasteiger partial charge in [0.1, 0.15) is 5.82 Å². The molecule has 0 bridgehead atoms. The first kappa shape index (κ1) is 14.2. The smallest absolute Gasteiger partial charge is 0.337 e. The second kappa shape index (κ2) is 5.68. The van der Waals surface area contributed by atoms with E-state index in [0.717, 1.165) is 6.07 Å². The number of anilines is 2. The highest BCUT2D eigenvalue weighted by atomic mass is 19.1. The van der Waals surface area contributed by atoms with Crippen molar-refractivity contribution in [1.29, 1.82) is 0 Å². The molecule has 0 aromatic heterocycles. The number of carboxylic acids is 1. The van der Waals surface area contributed by atoms with E-state index in [1.165, 1.54) is 6.07 Å². The van der Waals surface area contributed by atoms with Gasteiger partial charge in [-0.1, -0.05) is 0 Å². The summed E-state index contributed by atoms with van der Waals surface area (Å²) in [5.41, 5.74) is 5.41. The molecular formula is C12H18FN3O2. The van der Waals surface area contributed by atoms with Crippen molar-refractivity contribution in [3.63, 3.8) is 0 Å². The molecule has 4 N–H and O–H groups in total. The van der Waals surface area contributed by atoms with Gasteiger partial charge in [0.2, 0.25) is 0 Å². The van der Waals surface area contributed by atoms with Crippen molar-refractivity contribution >= 4 is 17.3 Å². The number of rotatable bonds is 5. The topological polar surface area (TPSA) is 78.6 Å². The highest BCUT2D eigenvalue weighted by molar-refractivity contribution is 5.94. The lowest BCUT2D eigenvalue weighted by atomic mass is 10.1. The van der Waals surface area contributed by atoms with E-state index in [2.05, 4.69) is 5.32 Å². The standard InChI is InChI=1S/C12H18FN3O2/c1-7(16(2)3)6-15-11-4-8(12(17)18)10(14)5-9(11)13/h4-5,7,15H,6,14H2,1-3H3,(H,17,18). The fourth-order valence-corrected chi connectivity index (χ4v) is 1.35. The molecule has 0 saturated carbocycles. The lowest BCUT2D eigenvalue weighted by molar-refractivity contribution is 0.0698. The zero-order chi connectivity index (χ0) is 13.9. The molecule has 100 valence electrons. The third-order valence-corrected chi connectivity index (χ3v) is 2.84. The molecule has 5 nitrogen and oxygen atoms in total. The summed E-state index contributed by atoms with van der Waals surface area (Å²) >= 11 is 0. The molecule has 1 aromatic carbocycles. The number of nitrogens with two attached hydrogens (primary N) is 1. The Morgan fingerprint density at radius 2 is 2.17 bits per heavy atom. The van der Waals surface area contributed by atoms with Crippen LogP contribution in [-0.4, -0.2) is 42.7 Å². The van der Waals surface area contributed by atoms with Gasteiger partial charge in [-0.15, -0.1) is 0 Å². The van der Waals surface area contributed by atoms with Crippen molar-refractivity contribution in [2.24, 2.45) is 0 Å². The van der Waals surface area contributed by atoms with E-state index in [4.69, 9.17) is 10.8 Å². The van der Waals surface area contributed by atoms with E-state index in [-0.39, 0.29) is 23.0 Å². The molecule has 0 amide bonds. The van der Waals surface area contributed by atoms with Gasteiger partial charge in [0.05, 0.1) is 11.3 Å². The predicted octanol–water partition coefficient (Wildman–Crippen LogP) is 1.47. The van der Waals surface area contributed by atoms with E-state index < -0.39 is 11.8 Å². The summed E-state index contributed by atoms with van der Waals surface area (Å²) < 4.78 is 13.6. The molecule has 0 aliphatic heterocycles. The Kier molecular flexibility index (Phi) is 4.49. The monoisotopic (exact) mass is 255 g/mol. The van der Waals surface area contributed by atoms with Crippen LogP contribution in [0.25, 0.3) is 0 Å². The third kappa shape index (κ3) is 3.33. The molecule has 1 aromatic rings. The van der Waals surface area contributed by atoms with Gasteiger partial charge in [-0.3, -0.25) is 0 Å². The first-order valence-electron chi connectivity index (χ1n) is 5.55. The van der Waals surface area contributed by atoms with Crippen molar-refractivity contribution in [2.45, 2.75) is 13.0 Å². The summed E-state index contributed by atoms with van der Waals surface area (Å²) in [6, 6.07) is 2.43. The lowest BCUT2D eigenvalue weighted by Crippen LogP contribution is -2.31. The fourth-order valence-electron chi connectivity index (χ4n) is 1.35. The van der Waals surface area contributed by atoms with Gasteiger partial charge in [0.25, 0.3) is 0 Å². The number of halogens is 1. The maximum atomic E-state index is 13.6. The van der Waals surface area contributed by atoms with Crippen LogP contribution in [0.15, 0.2) is 12.1 Å². The van der Waals surface area contributed by atoms with Crippen molar-refractivity contribution in [2.75, 3.05) is 31.7 Å². The fraction of sp³-hybridized carbons (Fsp3) is 0.417. The zero-order valence-electron chi connectivity index (χ0n) is 10.7. The molecular weight excluding hydrogens is 237 g/mol. The molecule has 0 heterocycles. The van der Waals surface area contributed by atoms with Gasteiger partial charge in [-0.2, -0.15) is 0 Å². The molecule has 1 atom stereocenters. The molecule has 1 rings (SSSR count). The molecule has 18 heavy (non-hydrogen) atoms. The van der Waals surface area contributed by atoms with E-state index in [9.17, 15) is 9.18 Å². The molecule has 0 aliphatic rings. The summed E-state index contributed by atoms with van der Waals surface area (Å²) in [5.74, 6) is -1.72. The molecule has 0 radical (unpaired) electrons. The Bertz CT molecular complexity index is 449. The molecule has 0 aliphatic carbocycles. The number of nitrogen functional groups attached to an aromatic ring is 1. The SMILES string of the molecule is CC(CNc1cc(C(=O)O)c(N)cc1F)N(C)C. The van der Waals surface area contributed by atoms with Crippen LogP contribution >= 0.6 is 0 Å². The Morgan fingerprint density at radius 3 is 2.67 bits per heavy atom. The normalized spacial score (nSPS) is 12.5. The minimum atomic E-state index is -1.17. The maximum absolute atomic E-state index is 13.6. The molecule has 0 fully saturated rings. The Hall–Kier alpha value is -1.82. The number of hydrogen-bond donors (Lipinski definition) is 3. The van der Waals surface area contributed by atoms with E-state index in [1.54, 1.807) is 0 Å². The van der Waals surface area contributed by atoms with Gasteiger partial charge in [-0.05, 0) is 33.2 Å². The first-order valence-corrected chi connectivity index (χ1v) is 5.55. The van der Waals surface area contributed by atoms with Crippen LogP contribution in [-0.2, 0) is 0 Å². The van der Waals surface area contributed by atoms with Crippen LogP contribution in [0.1, 0.15) is 17.3 Å². The van der Waals surface area contributed by atoms with Gasteiger partial charge in [-0.25, -0.2) is 9.18 Å². The van der Waals surface area contributed by atoms with Gasteiger partial charge < -0.3 is 21.1 Å². The average molecular weight is 255 g/mol. The Balaban J connectivity index is 2.89. The van der Waals surface area contributed by atoms with Crippen LogP contribution in [0, 0.1) is 5.82 Å². The number of hydrogen-bond acceptors (Lipinski definition) is 4. The first-order chi connectivity index (χ1) is 8.32. The van der Waals surface area contributed by atoms with E-state index >= 15 is 0 Å². The average Bonchev–Trinajstić information content (AvgIpc) is 2.26. The molecule has 0 spiro atoms. The number of carboxylic acid groups (broad SMARTS) is 1. The van der Waals surface area contributed by atoms with E-state index in [1.807, 2.05) is 25.9 Å². The van der Waals surface area contributed by atoms with Crippen LogP contribution in [0.3, 0.4) is 0 Å². The highest BCUT2D eigenvalue weighted by Crippen LogP contribution is 2.22. The van der Waals surface area contributed by atoms with Crippen molar-refractivity contribution in [3.8, 4) is 0 Å². The molecule has 0 saturated heterocycles. The molecule has 6 heteroatoms. The quantitative estimate of drug-likeness (QED) is 0.694. The minimum Gasteiger partial charge on any atom is -0.478 e. The lowest BCUT2D eigenvalue weighted by Gasteiger charge is -2.21. The van der Waals surface area contributed by atoms with Crippen LogP contribution in [0.4, 0.5) is 15.8 Å². The van der Waals surface area contributed by atoms with Gasteiger partial charge in [0.15, 0.2) is 0 Å². The Labute approximate surface area is 105 Å². The predicted molar refractivity (Wildman–Crippen MR) is 69.4 cm³/mol. The summed E-state index contributed by atoms with van der Waals surface area (Å²) in [7, 11) is 3.82.